The molecule has 0 aliphatic carbocycles. The average molecular weight is 540 g/mol. The van der Waals surface area contributed by atoms with Gasteiger partial charge in [-0.3, -0.25) is 9.35 Å². The molecule has 0 spiro atoms. The number of halogens is 1. The van der Waals surface area contributed by atoms with E-state index >= 15 is 0 Å². The maximum Gasteiger partial charge on any atom is 0.298 e. The highest BCUT2D eigenvalue weighted by Gasteiger charge is 2.24. The van der Waals surface area contributed by atoms with Crippen LogP contribution in [0, 0.1) is 0 Å². The number of hydrogen-bond acceptors (Lipinski definition) is 7. The summed E-state index contributed by atoms with van der Waals surface area (Å²) in [6, 6.07) is 18.0. The third-order valence-electron chi connectivity index (χ3n) is 5.64. The van der Waals surface area contributed by atoms with E-state index in [2.05, 4.69) is 15.5 Å². The second kappa shape index (κ2) is 10.6. The number of ether oxygens (including phenoxy) is 1. The van der Waals surface area contributed by atoms with Crippen molar-refractivity contribution >= 4 is 55.5 Å². The molecule has 0 aliphatic heterocycles. The van der Waals surface area contributed by atoms with Gasteiger partial charge >= 0.3 is 0 Å². The summed E-state index contributed by atoms with van der Waals surface area (Å²) >= 11 is 6.06. The smallest absolute Gasteiger partial charge is 0.298 e. The molecule has 1 amide bonds. The minimum atomic E-state index is -4.74. The van der Waals surface area contributed by atoms with Gasteiger partial charge in [0.2, 0.25) is 0 Å². The molecule has 190 valence electrons. The summed E-state index contributed by atoms with van der Waals surface area (Å²) in [6.07, 6.45) is 0.366. The largest absolute Gasteiger partial charge is 0.505 e. The second-order valence-corrected chi connectivity index (χ2v) is 9.70. The molecular formula is C26H22ClN3O6S. The van der Waals surface area contributed by atoms with Crippen LogP contribution in [0.1, 0.15) is 22.8 Å². The molecule has 9 nitrogen and oxygen atoms in total. The number of aryl methyl sites for hydroxylation is 1. The van der Waals surface area contributed by atoms with Crippen LogP contribution in [-0.2, 0) is 16.5 Å². The third-order valence-corrected chi connectivity index (χ3v) is 7.00. The van der Waals surface area contributed by atoms with Crippen molar-refractivity contribution in [3.05, 3.63) is 82.9 Å². The summed E-state index contributed by atoms with van der Waals surface area (Å²) in [7, 11) is -3.21. The maximum absolute atomic E-state index is 13.1. The fraction of sp³-hybridized carbons (Fsp3) is 0.115. The first kappa shape index (κ1) is 26.1. The molecule has 0 heterocycles. The zero-order chi connectivity index (χ0) is 26.7. The Morgan fingerprint density at radius 1 is 1.03 bits per heavy atom. The number of carbonyl (C=O) groups excluding carboxylic acids is 1. The number of hydrogen-bond donors (Lipinski definition) is 3. The van der Waals surface area contributed by atoms with Gasteiger partial charge in [-0.1, -0.05) is 48.9 Å². The van der Waals surface area contributed by atoms with Crippen LogP contribution in [0.2, 0.25) is 5.02 Å². The van der Waals surface area contributed by atoms with E-state index in [-0.39, 0.29) is 22.0 Å². The second-order valence-electron chi connectivity index (χ2n) is 7.94. The molecule has 0 saturated carbocycles. The van der Waals surface area contributed by atoms with Gasteiger partial charge in [0.25, 0.3) is 16.0 Å². The zero-order valence-electron chi connectivity index (χ0n) is 19.8. The number of anilines is 1. The number of phenols is 1. The molecule has 0 aromatic heterocycles. The van der Waals surface area contributed by atoms with Crippen molar-refractivity contribution in [1.29, 1.82) is 0 Å². The number of fused-ring (bicyclic) bond motifs is 1. The molecule has 0 saturated heterocycles. The van der Waals surface area contributed by atoms with E-state index < -0.39 is 26.7 Å². The molecule has 0 aliphatic rings. The molecule has 4 aromatic rings. The number of amides is 1. The van der Waals surface area contributed by atoms with E-state index in [1.165, 1.54) is 19.2 Å². The lowest BCUT2D eigenvalue weighted by molar-refractivity contribution is 0.102. The number of phenolic OH excluding ortho intramolecular Hbond substituents is 1. The maximum atomic E-state index is 13.1. The van der Waals surface area contributed by atoms with E-state index in [0.717, 1.165) is 0 Å². The van der Waals surface area contributed by atoms with Crippen LogP contribution >= 0.6 is 11.6 Å². The van der Waals surface area contributed by atoms with Crippen LogP contribution in [0.15, 0.2) is 81.9 Å². The number of benzene rings is 4. The fourth-order valence-electron chi connectivity index (χ4n) is 3.79. The van der Waals surface area contributed by atoms with Gasteiger partial charge in [0.1, 0.15) is 22.0 Å². The normalized spacial score (nSPS) is 11.7. The first-order chi connectivity index (χ1) is 17.6. The van der Waals surface area contributed by atoms with Crippen LogP contribution in [0.25, 0.3) is 10.8 Å². The van der Waals surface area contributed by atoms with Crippen molar-refractivity contribution < 1.29 is 27.6 Å². The summed E-state index contributed by atoms with van der Waals surface area (Å²) in [5.41, 5.74) is 0.652. The lowest BCUT2D eigenvalue weighted by atomic mass is 10.0. The average Bonchev–Trinajstić information content (AvgIpc) is 2.87. The van der Waals surface area contributed by atoms with E-state index in [1.807, 2.05) is 0 Å². The Balaban J connectivity index is 1.84. The van der Waals surface area contributed by atoms with Crippen molar-refractivity contribution in [2.45, 2.75) is 18.2 Å². The van der Waals surface area contributed by atoms with Crippen molar-refractivity contribution in [1.82, 2.24) is 0 Å². The highest BCUT2D eigenvalue weighted by atomic mass is 35.5. The van der Waals surface area contributed by atoms with Gasteiger partial charge in [0, 0.05) is 11.1 Å². The van der Waals surface area contributed by atoms with Crippen LogP contribution in [0.5, 0.6) is 11.5 Å². The molecule has 3 N–H and O–H groups in total. The Morgan fingerprint density at radius 3 is 2.35 bits per heavy atom. The molecular weight excluding hydrogens is 518 g/mol. The number of nitrogens with one attached hydrogen (secondary N) is 1. The Hall–Kier alpha value is -3.99. The zero-order valence-corrected chi connectivity index (χ0v) is 21.3. The minimum absolute atomic E-state index is 0.0544. The molecule has 11 heteroatoms. The van der Waals surface area contributed by atoms with Crippen molar-refractivity contribution in [2.24, 2.45) is 10.2 Å². The quantitative estimate of drug-likeness (QED) is 0.177. The predicted molar refractivity (Wildman–Crippen MR) is 141 cm³/mol. The van der Waals surface area contributed by atoms with E-state index in [9.17, 15) is 22.9 Å². The monoisotopic (exact) mass is 539 g/mol. The van der Waals surface area contributed by atoms with E-state index in [1.54, 1.807) is 61.5 Å². The molecule has 0 atom stereocenters. The first-order valence-electron chi connectivity index (χ1n) is 11.0. The van der Waals surface area contributed by atoms with Crippen LogP contribution in [-0.4, -0.2) is 31.1 Å². The number of aromatic hydroxyl groups is 1. The van der Waals surface area contributed by atoms with Gasteiger partial charge in [-0.2, -0.15) is 8.42 Å². The number of carbonyl (C=O) groups is 1. The Kier molecular flexibility index (Phi) is 7.44. The third kappa shape index (κ3) is 5.41. The summed E-state index contributed by atoms with van der Waals surface area (Å²) in [4.78, 5) is 12.5. The van der Waals surface area contributed by atoms with Gasteiger partial charge in [0.15, 0.2) is 5.75 Å². The SMILES string of the molecule is CCc1ccc(Cl)c(S(=O)(=O)O)c1N=Nc1c(O)c(C(=O)Nc2ccc(OC)cc2)cc2ccccc12. The van der Waals surface area contributed by atoms with Crippen molar-refractivity contribution in [3.63, 3.8) is 0 Å². The summed E-state index contributed by atoms with van der Waals surface area (Å²) in [5.74, 6) is -0.437. The molecule has 0 unspecified atom stereocenters. The standard InChI is InChI=1S/C26H22ClN3O6S/c1-3-15-8-13-21(27)25(37(33,34)35)22(15)29-30-23-19-7-5-4-6-16(19)14-20(24(23)31)26(32)28-17-9-11-18(36-2)12-10-17/h4-14,31H,3H2,1-2H3,(H,28,32)(H,33,34,35). The summed E-state index contributed by atoms with van der Waals surface area (Å²) < 4.78 is 39.0. The van der Waals surface area contributed by atoms with E-state index in [4.69, 9.17) is 16.3 Å². The molecule has 0 fully saturated rings. The number of rotatable bonds is 7. The van der Waals surface area contributed by atoms with Crippen molar-refractivity contribution in [2.75, 3.05) is 12.4 Å². The van der Waals surface area contributed by atoms with Gasteiger partial charge < -0.3 is 15.2 Å². The molecule has 0 bridgehead atoms. The lowest BCUT2D eigenvalue weighted by Gasteiger charge is -2.12. The first-order valence-corrected chi connectivity index (χ1v) is 12.9. The highest BCUT2D eigenvalue weighted by Crippen LogP contribution is 2.41. The number of methoxy groups -OCH3 is 1. The van der Waals surface area contributed by atoms with Gasteiger partial charge in [0.05, 0.1) is 17.7 Å². The van der Waals surface area contributed by atoms with Gasteiger partial charge in [-0.15, -0.1) is 10.2 Å². The van der Waals surface area contributed by atoms with Crippen LogP contribution in [0.4, 0.5) is 17.1 Å². The van der Waals surface area contributed by atoms with Crippen LogP contribution < -0.4 is 10.1 Å². The fourth-order valence-corrected chi connectivity index (χ4v) is 4.97. The molecule has 4 rings (SSSR count). The number of azo groups is 1. The molecule has 4 aromatic carbocycles. The minimum Gasteiger partial charge on any atom is -0.505 e. The Bertz CT molecular complexity index is 1640. The lowest BCUT2D eigenvalue weighted by Crippen LogP contribution is -2.12. The van der Waals surface area contributed by atoms with Gasteiger partial charge in [-0.05, 0) is 53.8 Å². The molecule has 0 radical (unpaired) electrons. The van der Waals surface area contributed by atoms with E-state index in [0.29, 0.717) is 34.2 Å². The summed E-state index contributed by atoms with van der Waals surface area (Å²) in [5, 5.41) is 22.9. The predicted octanol–water partition coefficient (Wildman–Crippen LogP) is 6.68. The molecule has 37 heavy (non-hydrogen) atoms. The summed E-state index contributed by atoms with van der Waals surface area (Å²) in [6.45, 7) is 1.77. The Morgan fingerprint density at radius 2 is 1.70 bits per heavy atom. The Labute approximate surface area is 218 Å². The topological polar surface area (TPSA) is 138 Å². The van der Waals surface area contributed by atoms with Crippen LogP contribution in [0.3, 0.4) is 0 Å². The van der Waals surface area contributed by atoms with Crippen molar-refractivity contribution in [3.8, 4) is 11.5 Å². The van der Waals surface area contributed by atoms with Gasteiger partial charge in [-0.25, -0.2) is 0 Å². The highest BCUT2D eigenvalue weighted by molar-refractivity contribution is 7.86. The number of nitrogens with zero attached hydrogens (tertiary/aromatic N) is 2.